The van der Waals surface area contributed by atoms with Gasteiger partial charge in [-0.15, -0.1) is 0 Å². The first-order valence-corrected chi connectivity index (χ1v) is 5.41. The van der Waals surface area contributed by atoms with Gasteiger partial charge in [0.1, 0.15) is 10.8 Å². The van der Waals surface area contributed by atoms with E-state index in [1.807, 2.05) is 20.8 Å². The van der Waals surface area contributed by atoms with Crippen LogP contribution in [0, 0.1) is 5.41 Å². The Kier molecular flexibility index (Phi) is 3.63. The highest BCUT2D eigenvalue weighted by atomic mass is 32.2. The van der Waals surface area contributed by atoms with Crippen molar-refractivity contribution in [3.05, 3.63) is 18.6 Å². The standard InChI is InChI=1S/C10H14N2OS/c1-10(2,3)8(13)7-14-9-6-11-4-5-12-9/h4-6H,7H2,1-3H3. The minimum atomic E-state index is -0.269. The Bertz CT molecular complexity index is 306. The van der Waals surface area contributed by atoms with Crippen LogP contribution in [0.5, 0.6) is 0 Å². The summed E-state index contributed by atoms with van der Waals surface area (Å²) in [6.45, 7) is 5.77. The van der Waals surface area contributed by atoms with E-state index in [9.17, 15) is 4.79 Å². The topological polar surface area (TPSA) is 42.9 Å². The first-order chi connectivity index (χ1) is 6.50. The molecule has 0 aliphatic carbocycles. The number of hydrogen-bond acceptors (Lipinski definition) is 4. The summed E-state index contributed by atoms with van der Waals surface area (Å²) in [4.78, 5) is 19.6. The third-order valence-corrected chi connectivity index (χ3v) is 2.64. The average Bonchev–Trinajstić information content (AvgIpc) is 2.14. The van der Waals surface area contributed by atoms with E-state index in [0.717, 1.165) is 5.03 Å². The highest BCUT2D eigenvalue weighted by Crippen LogP contribution is 2.20. The quantitative estimate of drug-likeness (QED) is 0.717. The van der Waals surface area contributed by atoms with Gasteiger partial charge in [-0.2, -0.15) is 0 Å². The first kappa shape index (κ1) is 11.2. The number of hydrogen-bond donors (Lipinski definition) is 0. The molecule has 0 aliphatic rings. The van der Waals surface area contributed by atoms with E-state index in [0.29, 0.717) is 5.75 Å². The zero-order valence-electron chi connectivity index (χ0n) is 8.65. The van der Waals surface area contributed by atoms with Gasteiger partial charge in [0.2, 0.25) is 0 Å². The summed E-state index contributed by atoms with van der Waals surface area (Å²) in [6.07, 6.45) is 4.92. The highest BCUT2D eigenvalue weighted by molar-refractivity contribution is 7.99. The summed E-state index contributed by atoms with van der Waals surface area (Å²) in [5.41, 5.74) is -0.269. The molecule has 0 N–H and O–H groups in total. The average molecular weight is 210 g/mol. The second-order valence-electron chi connectivity index (χ2n) is 4.01. The molecule has 4 heteroatoms. The summed E-state index contributed by atoms with van der Waals surface area (Å²) in [6, 6.07) is 0. The molecule has 0 fully saturated rings. The summed E-state index contributed by atoms with van der Waals surface area (Å²) in [5.74, 6) is 0.690. The van der Waals surface area contributed by atoms with Crippen LogP contribution >= 0.6 is 11.8 Å². The lowest BCUT2D eigenvalue weighted by molar-refractivity contribution is -0.123. The van der Waals surface area contributed by atoms with Crippen LogP contribution in [0.15, 0.2) is 23.6 Å². The lowest BCUT2D eigenvalue weighted by Crippen LogP contribution is -2.22. The largest absolute Gasteiger partial charge is 0.298 e. The van der Waals surface area contributed by atoms with Crippen molar-refractivity contribution in [3.63, 3.8) is 0 Å². The van der Waals surface area contributed by atoms with Gasteiger partial charge in [-0.25, -0.2) is 4.98 Å². The number of thioether (sulfide) groups is 1. The fourth-order valence-electron chi connectivity index (χ4n) is 0.716. The maximum Gasteiger partial charge on any atom is 0.148 e. The second-order valence-corrected chi connectivity index (χ2v) is 5.00. The molecule has 0 amide bonds. The van der Waals surface area contributed by atoms with Crippen LogP contribution in [-0.4, -0.2) is 21.5 Å². The molecule has 0 aromatic carbocycles. The molecule has 1 heterocycles. The zero-order valence-corrected chi connectivity index (χ0v) is 9.47. The van der Waals surface area contributed by atoms with Gasteiger partial charge in [0, 0.05) is 17.8 Å². The van der Waals surface area contributed by atoms with Crippen LogP contribution in [0.25, 0.3) is 0 Å². The number of rotatable bonds is 3. The van der Waals surface area contributed by atoms with Crippen LogP contribution in [0.4, 0.5) is 0 Å². The number of aromatic nitrogens is 2. The number of Topliss-reactive ketones (excluding diaryl/α,β-unsaturated/α-hetero) is 1. The van der Waals surface area contributed by atoms with Crippen molar-refractivity contribution >= 4 is 17.5 Å². The van der Waals surface area contributed by atoms with Crippen LogP contribution < -0.4 is 0 Å². The maximum absolute atomic E-state index is 11.6. The van der Waals surface area contributed by atoms with Crippen molar-refractivity contribution in [1.82, 2.24) is 9.97 Å². The normalized spacial score (nSPS) is 11.4. The smallest absolute Gasteiger partial charge is 0.148 e. The number of ketones is 1. The number of carbonyl (C=O) groups excluding carboxylic acids is 1. The molecular weight excluding hydrogens is 196 g/mol. The van der Waals surface area contributed by atoms with Gasteiger partial charge >= 0.3 is 0 Å². The fraction of sp³-hybridized carbons (Fsp3) is 0.500. The van der Waals surface area contributed by atoms with Gasteiger partial charge in [-0.05, 0) is 0 Å². The summed E-state index contributed by atoms with van der Waals surface area (Å²) in [7, 11) is 0. The van der Waals surface area contributed by atoms with E-state index in [-0.39, 0.29) is 11.2 Å². The van der Waals surface area contributed by atoms with Gasteiger partial charge in [-0.3, -0.25) is 9.78 Å². The zero-order chi connectivity index (χ0) is 10.6. The minimum absolute atomic E-state index is 0.230. The van der Waals surface area contributed by atoms with Crippen LogP contribution in [0.2, 0.25) is 0 Å². The molecule has 76 valence electrons. The van der Waals surface area contributed by atoms with Crippen molar-refractivity contribution in [1.29, 1.82) is 0 Å². The van der Waals surface area contributed by atoms with Gasteiger partial charge in [0.15, 0.2) is 0 Å². The maximum atomic E-state index is 11.6. The molecule has 0 saturated carbocycles. The molecule has 1 aromatic heterocycles. The Morgan fingerprint density at radius 2 is 2.14 bits per heavy atom. The predicted molar refractivity (Wildman–Crippen MR) is 57.2 cm³/mol. The lowest BCUT2D eigenvalue weighted by atomic mass is 9.92. The lowest BCUT2D eigenvalue weighted by Gasteiger charge is -2.15. The molecule has 1 rings (SSSR count). The molecule has 0 radical (unpaired) electrons. The van der Waals surface area contributed by atoms with E-state index in [1.54, 1.807) is 18.6 Å². The Morgan fingerprint density at radius 3 is 2.64 bits per heavy atom. The summed E-state index contributed by atoms with van der Waals surface area (Å²) < 4.78 is 0. The minimum Gasteiger partial charge on any atom is -0.298 e. The van der Waals surface area contributed by atoms with E-state index in [1.165, 1.54) is 11.8 Å². The third kappa shape index (κ3) is 3.46. The van der Waals surface area contributed by atoms with E-state index in [2.05, 4.69) is 9.97 Å². The van der Waals surface area contributed by atoms with E-state index in [4.69, 9.17) is 0 Å². The fourth-order valence-corrected chi connectivity index (χ4v) is 1.70. The van der Waals surface area contributed by atoms with Gasteiger partial charge in [-0.1, -0.05) is 32.5 Å². The SMILES string of the molecule is CC(C)(C)C(=O)CSc1cnccn1. The van der Waals surface area contributed by atoms with Crippen molar-refractivity contribution in [3.8, 4) is 0 Å². The van der Waals surface area contributed by atoms with E-state index >= 15 is 0 Å². The molecular formula is C10H14N2OS. The molecule has 0 aliphatic heterocycles. The monoisotopic (exact) mass is 210 g/mol. The van der Waals surface area contributed by atoms with Gasteiger partial charge < -0.3 is 0 Å². The summed E-state index contributed by atoms with van der Waals surface area (Å²) >= 11 is 1.43. The first-order valence-electron chi connectivity index (χ1n) is 4.42. The van der Waals surface area contributed by atoms with Crippen molar-refractivity contribution in [2.24, 2.45) is 5.41 Å². The molecule has 1 aromatic rings. The van der Waals surface area contributed by atoms with Gasteiger partial charge in [0.05, 0.1) is 11.9 Å². The molecule has 0 saturated heterocycles. The predicted octanol–water partition coefficient (Wildman–Crippen LogP) is 2.18. The Balaban J connectivity index is 2.46. The van der Waals surface area contributed by atoms with Crippen LogP contribution in [0.1, 0.15) is 20.8 Å². The summed E-state index contributed by atoms with van der Waals surface area (Å²) in [5, 5.41) is 0.796. The second kappa shape index (κ2) is 4.55. The molecule has 0 bridgehead atoms. The number of carbonyl (C=O) groups is 1. The molecule has 3 nitrogen and oxygen atoms in total. The third-order valence-electron chi connectivity index (χ3n) is 1.73. The Morgan fingerprint density at radius 1 is 1.43 bits per heavy atom. The Labute approximate surface area is 88.3 Å². The van der Waals surface area contributed by atoms with Crippen LogP contribution in [-0.2, 0) is 4.79 Å². The molecule has 0 spiro atoms. The molecule has 0 unspecified atom stereocenters. The Hall–Kier alpha value is -0.900. The number of nitrogens with zero attached hydrogens (tertiary/aromatic N) is 2. The van der Waals surface area contributed by atoms with Gasteiger partial charge in [0.25, 0.3) is 0 Å². The molecule has 14 heavy (non-hydrogen) atoms. The highest BCUT2D eigenvalue weighted by Gasteiger charge is 2.20. The molecule has 0 atom stereocenters. The van der Waals surface area contributed by atoms with Crippen molar-refractivity contribution in [2.45, 2.75) is 25.8 Å². The van der Waals surface area contributed by atoms with Crippen molar-refractivity contribution in [2.75, 3.05) is 5.75 Å². The van der Waals surface area contributed by atoms with E-state index < -0.39 is 0 Å². The van der Waals surface area contributed by atoms with Crippen LogP contribution in [0.3, 0.4) is 0 Å². The van der Waals surface area contributed by atoms with Crippen molar-refractivity contribution < 1.29 is 4.79 Å².